The third kappa shape index (κ3) is 5.77. The van der Waals surface area contributed by atoms with Crippen molar-refractivity contribution in [3.05, 3.63) is 82.4 Å². The van der Waals surface area contributed by atoms with Gasteiger partial charge in [-0.15, -0.1) is 0 Å². The summed E-state index contributed by atoms with van der Waals surface area (Å²) in [5.41, 5.74) is 3.98. The Balaban J connectivity index is 1.98. The van der Waals surface area contributed by atoms with Gasteiger partial charge in [-0.25, -0.2) is 8.42 Å². The summed E-state index contributed by atoms with van der Waals surface area (Å²) in [7, 11) is -2.71. The summed E-state index contributed by atoms with van der Waals surface area (Å²) in [6, 6.07) is 16.0. The summed E-state index contributed by atoms with van der Waals surface area (Å²) in [5.74, 6) is 0.654. The van der Waals surface area contributed by atoms with E-state index in [-0.39, 0.29) is 27.7 Å². The average Bonchev–Trinajstić information content (AvgIpc) is 2.80. The number of sulfonamides is 1. The van der Waals surface area contributed by atoms with E-state index >= 15 is 0 Å². The highest BCUT2D eigenvalue weighted by atomic mass is 32.2. The maximum absolute atomic E-state index is 13.1. The van der Waals surface area contributed by atoms with Gasteiger partial charge in [0.05, 0.1) is 23.4 Å². The lowest BCUT2D eigenvalue weighted by molar-refractivity contribution is -0.385. The van der Waals surface area contributed by atoms with Crippen LogP contribution in [0.1, 0.15) is 18.9 Å². The van der Waals surface area contributed by atoms with E-state index in [1.165, 1.54) is 43.5 Å². The van der Waals surface area contributed by atoms with Gasteiger partial charge in [0.25, 0.3) is 15.7 Å². The van der Waals surface area contributed by atoms with Gasteiger partial charge in [0, 0.05) is 17.8 Å². The first-order valence-corrected chi connectivity index (χ1v) is 11.3. The molecule has 172 valence electrons. The Kier molecular flexibility index (Phi) is 7.13. The van der Waals surface area contributed by atoms with Crippen molar-refractivity contribution in [3.8, 4) is 11.5 Å². The molecule has 0 bridgehead atoms. The molecule has 3 aromatic rings. The van der Waals surface area contributed by atoms with Crippen LogP contribution < -0.4 is 14.9 Å². The number of nitro groups is 1. The number of aromatic hydroxyl groups is 1. The van der Waals surface area contributed by atoms with Gasteiger partial charge < -0.3 is 9.84 Å². The molecule has 0 saturated carbocycles. The lowest BCUT2D eigenvalue weighted by Gasteiger charge is -2.13. The normalized spacial score (nSPS) is 11.6. The smallest absolute Gasteiger partial charge is 0.270 e. The topological polar surface area (TPSA) is 143 Å². The van der Waals surface area contributed by atoms with Crippen molar-refractivity contribution in [2.45, 2.75) is 18.2 Å². The number of nitrogens with one attached hydrogen (secondary N) is 2. The van der Waals surface area contributed by atoms with Crippen LogP contribution in [0.25, 0.3) is 0 Å². The first kappa shape index (κ1) is 23.5. The summed E-state index contributed by atoms with van der Waals surface area (Å²) in [6.07, 6.45) is 0.511. The molecule has 33 heavy (non-hydrogen) atoms. The van der Waals surface area contributed by atoms with Crippen LogP contribution in [0.5, 0.6) is 11.5 Å². The Hall–Kier alpha value is -4.12. The van der Waals surface area contributed by atoms with Crippen LogP contribution in [-0.4, -0.2) is 31.3 Å². The third-order valence-corrected chi connectivity index (χ3v) is 6.08. The minimum absolute atomic E-state index is 0.0614. The molecule has 0 fully saturated rings. The van der Waals surface area contributed by atoms with Crippen molar-refractivity contribution in [1.82, 2.24) is 0 Å². The molecule has 0 spiro atoms. The van der Waals surface area contributed by atoms with E-state index in [1.54, 1.807) is 24.3 Å². The first-order chi connectivity index (χ1) is 15.7. The second-order valence-corrected chi connectivity index (χ2v) is 8.49. The quantitative estimate of drug-likeness (QED) is 0.240. The molecule has 0 heterocycles. The van der Waals surface area contributed by atoms with Crippen molar-refractivity contribution in [3.63, 3.8) is 0 Å². The Morgan fingerprint density at radius 3 is 2.33 bits per heavy atom. The average molecular weight is 471 g/mol. The van der Waals surface area contributed by atoms with Crippen LogP contribution in [0.4, 0.5) is 17.1 Å². The number of hydrogen-bond donors (Lipinski definition) is 3. The number of phenols is 1. The van der Waals surface area contributed by atoms with Gasteiger partial charge in [-0.2, -0.15) is 5.10 Å². The Labute approximate surface area is 190 Å². The largest absolute Gasteiger partial charge is 0.508 e. The molecule has 0 aliphatic rings. The molecule has 0 amide bonds. The van der Waals surface area contributed by atoms with Crippen LogP contribution in [0.15, 0.2) is 76.7 Å². The summed E-state index contributed by atoms with van der Waals surface area (Å²) < 4.78 is 33.7. The number of ether oxygens (including phenoxy) is 1. The Morgan fingerprint density at radius 1 is 1.09 bits per heavy atom. The fourth-order valence-electron chi connectivity index (χ4n) is 2.94. The van der Waals surface area contributed by atoms with E-state index in [0.717, 1.165) is 11.6 Å². The molecule has 0 unspecified atom stereocenters. The molecule has 10 nitrogen and oxygen atoms in total. The third-order valence-electron chi connectivity index (χ3n) is 4.65. The van der Waals surface area contributed by atoms with Crippen molar-refractivity contribution in [2.75, 3.05) is 17.3 Å². The number of hydrazone groups is 1. The predicted octanol–water partition coefficient (Wildman–Crippen LogP) is 4.34. The molecule has 3 rings (SSSR count). The maximum atomic E-state index is 13.1. The van der Waals surface area contributed by atoms with Crippen LogP contribution in [0.3, 0.4) is 0 Å². The zero-order chi connectivity index (χ0) is 24.0. The van der Waals surface area contributed by atoms with E-state index in [0.29, 0.717) is 17.9 Å². The van der Waals surface area contributed by atoms with E-state index in [2.05, 4.69) is 15.2 Å². The molecule has 0 saturated heterocycles. The molecule has 3 aromatic carbocycles. The minimum atomic E-state index is -4.20. The summed E-state index contributed by atoms with van der Waals surface area (Å²) in [4.78, 5) is 10.2. The molecule has 0 atom stereocenters. The van der Waals surface area contributed by atoms with E-state index in [1.807, 2.05) is 6.92 Å². The fourth-order valence-corrected chi connectivity index (χ4v) is 4.17. The number of hydrogen-bond acceptors (Lipinski definition) is 8. The zero-order valence-corrected chi connectivity index (χ0v) is 18.7. The minimum Gasteiger partial charge on any atom is -0.508 e. The number of nitrogens with zero attached hydrogens (tertiary/aromatic N) is 2. The molecule has 0 aromatic heterocycles. The molecule has 0 aliphatic heterocycles. The van der Waals surface area contributed by atoms with Crippen molar-refractivity contribution in [2.24, 2.45) is 5.10 Å². The first-order valence-electron chi connectivity index (χ1n) is 9.80. The SMILES string of the molecule is CCC(=NNc1ccc([N+](=O)[O-])cc1S(=O)(=O)Nc1ccc(OC)cc1)c1ccc(O)cc1. The van der Waals surface area contributed by atoms with Gasteiger partial charge in [0.1, 0.15) is 16.4 Å². The standard InChI is InChI=1S/C22H22N4O6S/c1-3-20(15-4-9-18(27)10-5-15)23-24-21-13-8-17(26(28)29)14-22(21)33(30,31)25-16-6-11-19(32-2)12-7-16/h4-14,24-25,27H,3H2,1-2H3. The number of anilines is 2. The zero-order valence-electron chi connectivity index (χ0n) is 17.8. The van der Waals surface area contributed by atoms with Crippen molar-refractivity contribution < 1.29 is 23.2 Å². The molecular formula is C22H22N4O6S. The van der Waals surface area contributed by atoms with E-state index in [9.17, 15) is 23.6 Å². The van der Waals surface area contributed by atoms with E-state index < -0.39 is 14.9 Å². The Bertz CT molecular complexity index is 1270. The molecular weight excluding hydrogens is 448 g/mol. The molecule has 3 N–H and O–H groups in total. The van der Waals surface area contributed by atoms with Gasteiger partial charge in [-0.1, -0.05) is 6.92 Å². The van der Waals surface area contributed by atoms with Gasteiger partial charge >= 0.3 is 0 Å². The number of phenolic OH excluding ortho intramolecular Hbond substituents is 1. The second-order valence-electron chi connectivity index (χ2n) is 6.84. The maximum Gasteiger partial charge on any atom is 0.270 e. The van der Waals surface area contributed by atoms with E-state index in [4.69, 9.17) is 4.74 Å². The van der Waals surface area contributed by atoms with Crippen molar-refractivity contribution >= 4 is 32.8 Å². The number of benzene rings is 3. The monoisotopic (exact) mass is 470 g/mol. The summed E-state index contributed by atoms with van der Waals surface area (Å²) in [5, 5.41) is 25.0. The van der Waals surface area contributed by atoms with Crippen LogP contribution in [-0.2, 0) is 10.0 Å². The van der Waals surface area contributed by atoms with Gasteiger partial charge in [-0.3, -0.25) is 20.3 Å². The number of non-ortho nitro benzene ring substituents is 1. The number of nitro benzene ring substituents is 1. The van der Waals surface area contributed by atoms with Crippen molar-refractivity contribution in [1.29, 1.82) is 0 Å². The van der Waals surface area contributed by atoms with Gasteiger partial charge in [0.2, 0.25) is 0 Å². The van der Waals surface area contributed by atoms with Crippen LogP contribution in [0, 0.1) is 10.1 Å². The van der Waals surface area contributed by atoms with Gasteiger partial charge in [-0.05, 0) is 66.6 Å². The predicted molar refractivity (Wildman–Crippen MR) is 125 cm³/mol. The van der Waals surface area contributed by atoms with Crippen LogP contribution in [0.2, 0.25) is 0 Å². The van der Waals surface area contributed by atoms with Gasteiger partial charge in [0.15, 0.2) is 0 Å². The lowest BCUT2D eigenvalue weighted by atomic mass is 10.1. The molecule has 11 heteroatoms. The number of methoxy groups -OCH3 is 1. The fraction of sp³-hybridized carbons (Fsp3) is 0.136. The summed E-state index contributed by atoms with van der Waals surface area (Å²) >= 11 is 0. The highest BCUT2D eigenvalue weighted by molar-refractivity contribution is 7.92. The lowest BCUT2D eigenvalue weighted by Crippen LogP contribution is -2.15. The molecule has 0 radical (unpaired) electrons. The molecule has 0 aliphatic carbocycles. The highest BCUT2D eigenvalue weighted by Gasteiger charge is 2.23. The summed E-state index contributed by atoms with van der Waals surface area (Å²) in [6.45, 7) is 1.87. The second kappa shape index (κ2) is 10.0. The highest BCUT2D eigenvalue weighted by Crippen LogP contribution is 2.29. The Morgan fingerprint density at radius 2 is 1.76 bits per heavy atom. The number of rotatable bonds is 9. The van der Waals surface area contributed by atoms with Crippen LogP contribution >= 0.6 is 0 Å².